The number of carbonyl (C=O) groups is 1. The molecule has 0 unspecified atom stereocenters. The van der Waals surface area contributed by atoms with Gasteiger partial charge in [-0.2, -0.15) is 0 Å². The van der Waals surface area contributed by atoms with Gasteiger partial charge in [-0.1, -0.05) is 27.7 Å². The molecule has 0 aliphatic heterocycles. The maximum atomic E-state index is 12.1. The van der Waals surface area contributed by atoms with Crippen molar-refractivity contribution in [1.82, 2.24) is 10.0 Å². The molecule has 1 rings (SSSR count). The van der Waals surface area contributed by atoms with Crippen molar-refractivity contribution in [1.29, 1.82) is 0 Å². The minimum absolute atomic E-state index is 0.00823. The smallest absolute Gasteiger partial charge is 0.257 e. The van der Waals surface area contributed by atoms with E-state index in [4.69, 9.17) is 4.74 Å². The Labute approximate surface area is 145 Å². The van der Waals surface area contributed by atoms with Gasteiger partial charge >= 0.3 is 0 Å². The molecule has 1 aromatic carbocycles. The van der Waals surface area contributed by atoms with Crippen LogP contribution in [0.2, 0.25) is 0 Å². The minimum Gasteiger partial charge on any atom is -0.484 e. The maximum absolute atomic E-state index is 12.1. The van der Waals surface area contributed by atoms with Crippen LogP contribution in [0.1, 0.15) is 41.0 Å². The number of hydrogen-bond donors (Lipinski definition) is 2. The summed E-state index contributed by atoms with van der Waals surface area (Å²) in [5.41, 5.74) is 0.00823. The summed E-state index contributed by atoms with van der Waals surface area (Å²) >= 11 is 0. The fourth-order valence-corrected chi connectivity index (χ4v) is 3.02. The van der Waals surface area contributed by atoms with Crippen molar-refractivity contribution in [3.8, 4) is 5.75 Å². The number of benzene rings is 1. The Bertz CT molecular complexity index is 634. The lowest BCUT2D eigenvalue weighted by atomic mass is 9.97. The van der Waals surface area contributed by atoms with E-state index in [2.05, 4.69) is 10.0 Å². The zero-order valence-corrected chi connectivity index (χ0v) is 15.9. The molecule has 1 amide bonds. The fourth-order valence-electron chi connectivity index (χ4n) is 1.69. The van der Waals surface area contributed by atoms with Gasteiger partial charge in [0.25, 0.3) is 5.91 Å². The molecular weight excluding hydrogens is 328 g/mol. The van der Waals surface area contributed by atoms with E-state index in [1.165, 1.54) is 12.1 Å². The normalized spacial score (nSPS) is 13.4. The Morgan fingerprint density at radius 2 is 1.79 bits per heavy atom. The van der Waals surface area contributed by atoms with E-state index in [9.17, 15) is 13.2 Å². The summed E-state index contributed by atoms with van der Waals surface area (Å²) in [7, 11) is -3.53. The predicted molar refractivity (Wildman–Crippen MR) is 94.5 cm³/mol. The van der Waals surface area contributed by atoms with Crippen molar-refractivity contribution >= 4 is 15.9 Å². The predicted octanol–water partition coefficient (Wildman–Crippen LogP) is 2.30. The fraction of sp³-hybridized carbons (Fsp3) is 0.588. The van der Waals surface area contributed by atoms with E-state index in [0.717, 1.165) is 0 Å². The maximum Gasteiger partial charge on any atom is 0.257 e. The molecule has 1 aromatic rings. The molecular formula is C17H28N2O4S. The Balaban J connectivity index is 2.58. The Morgan fingerprint density at radius 1 is 1.21 bits per heavy atom. The lowest BCUT2D eigenvalue weighted by Gasteiger charge is -2.18. The van der Waals surface area contributed by atoms with Crippen LogP contribution in [0.5, 0.6) is 5.75 Å². The second-order valence-corrected chi connectivity index (χ2v) is 8.74. The van der Waals surface area contributed by atoms with E-state index < -0.39 is 10.0 Å². The molecule has 0 aliphatic rings. The summed E-state index contributed by atoms with van der Waals surface area (Å²) in [4.78, 5) is 11.9. The molecule has 0 heterocycles. The zero-order valence-electron chi connectivity index (χ0n) is 15.0. The van der Waals surface area contributed by atoms with Crippen LogP contribution in [0.4, 0.5) is 0 Å². The Morgan fingerprint density at radius 3 is 2.29 bits per heavy atom. The van der Waals surface area contributed by atoms with Gasteiger partial charge in [0.2, 0.25) is 10.0 Å². The summed E-state index contributed by atoms with van der Waals surface area (Å²) < 4.78 is 32.2. The van der Waals surface area contributed by atoms with Crippen LogP contribution < -0.4 is 14.8 Å². The first kappa shape index (κ1) is 20.4. The second-order valence-electron chi connectivity index (χ2n) is 7.03. The van der Waals surface area contributed by atoms with Gasteiger partial charge in [-0.3, -0.25) is 4.79 Å². The topological polar surface area (TPSA) is 84.5 Å². The van der Waals surface area contributed by atoms with E-state index in [1.54, 1.807) is 12.1 Å². The summed E-state index contributed by atoms with van der Waals surface area (Å²) in [6.45, 7) is 10.3. The molecule has 0 bridgehead atoms. The average Bonchev–Trinajstić information content (AvgIpc) is 2.50. The molecule has 0 saturated heterocycles. The lowest BCUT2D eigenvalue weighted by molar-refractivity contribution is -0.123. The highest BCUT2D eigenvalue weighted by Crippen LogP contribution is 2.16. The number of rotatable bonds is 8. The van der Waals surface area contributed by atoms with Gasteiger partial charge in [0, 0.05) is 12.6 Å². The molecule has 136 valence electrons. The first-order valence-corrected chi connectivity index (χ1v) is 9.54. The van der Waals surface area contributed by atoms with Crippen LogP contribution in [-0.2, 0) is 14.8 Å². The molecule has 0 fully saturated rings. The van der Waals surface area contributed by atoms with Gasteiger partial charge in [0.15, 0.2) is 6.61 Å². The molecule has 2 N–H and O–H groups in total. The molecule has 7 heteroatoms. The highest BCUT2D eigenvalue weighted by atomic mass is 32.2. The van der Waals surface area contributed by atoms with Gasteiger partial charge in [-0.05, 0) is 43.0 Å². The number of sulfonamides is 1. The summed E-state index contributed by atoms with van der Waals surface area (Å²) in [6, 6.07) is 5.89. The molecule has 6 nitrogen and oxygen atoms in total. The van der Waals surface area contributed by atoms with Gasteiger partial charge in [-0.25, -0.2) is 13.1 Å². The van der Waals surface area contributed by atoms with Crippen LogP contribution in [0.3, 0.4) is 0 Å². The van der Waals surface area contributed by atoms with Gasteiger partial charge in [0.05, 0.1) is 4.90 Å². The van der Waals surface area contributed by atoms with Crippen LogP contribution in [0, 0.1) is 5.41 Å². The molecule has 0 saturated carbocycles. The van der Waals surface area contributed by atoms with Crippen molar-refractivity contribution in [3.63, 3.8) is 0 Å². The highest BCUT2D eigenvalue weighted by molar-refractivity contribution is 7.89. The SMILES string of the molecule is CC[C@H](C)NS(=O)(=O)c1ccc(OCC(=O)NCC(C)(C)C)cc1. The average molecular weight is 356 g/mol. The first-order chi connectivity index (χ1) is 11.0. The third kappa shape index (κ3) is 7.31. The highest BCUT2D eigenvalue weighted by Gasteiger charge is 2.16. The summed E-state index contributed by atoms with van der Waals surface area (Å²) in [6.07, 6.45) is 0.712. The quantitative estimate of drug-likeness (QED) is 0.748. The number of carbonyl (C=O) groups excluding carboxylic acids is 1. The number of hydrogen-bond acceptors (Lipinski definition) is 4. The number of amides is 1. The van der Waals surface area contributed by atoms with Crippen molar-refractivity contribution in [3.05, 3.63) is 24.3 Å². The molecule has 0 aromatic heterocycles. The molecule has 0 aliphatic carbocycles. The van der Waals surface area contributed by atoms with Crippen LogP contribution >= 0.6 is 0 Å². The lowest BCUT2D eigenvalue weighted by Crippen LogP contribution is -2.35. The third-order valence-electron chi connectivity index (χ3n) is 3.29. The molecule has 0 spiro atoms. The van der Waals surface area contributed by atoms with Gasteiger partial charge in [-0.15, -0.1) is 0 Å². The minimum atomic E-state index is -3.53. The first-order valence-electron chi connectivity index (χ1n) is 8.05. The summed E-state index contributed by atoms with van der Waals surface area (Å²) in [5.74, 6) is 0.239. The van der Waals surface area contributed by atoms with Crippen LogP contribution in [0.25, 0.3) is 0 Å². The molecule has 1 atom stereocenters. The van der Waals surface area contributed by atoms with Gasteiger partial charge < -0.3 is 10.1 Å². The molecule has 24 heavy (non-hydrogen) atoms. The van der Waals surface area contributed by atoms with E-state index in [0.29, 0.717) is 18.7 Å². The van der Waals surface area contributed by atoms with Crippen molar-refractivity contribution < 1.29 is 17.9 Å². The zero-order chi connectivity index (χ0) is 18.4. The van der Waals surface area contributed by atoms with E-state index >= 15 is 0 Å². The summed E-state index contributed by atoms with van der Waals surface area (Å²) in [5, 5.41) is 2.79. The van der Waals surface area contributed by atoms with E-state index in [1.807, 2.05) is 34.6 Å². The molecule has 0 radical (unpaired) electrons. The van der Waals surface area contributed by atoms with Gasteiger partial charge in [0.1, 0.15) is 5.75 Å². The Kier molecular flexibility index (Phi) is 7.23. The Hall–Kier alpha value is -1.60. The largest absolute Gasteiger partial charge is 0.484 e. The second kappa shape index (κ2) is 8.48. The number of nitrogens with one attached hydrogen (secondary N) is 2. The third-order valence-corrected chi connectivity index (χ3v) is 4.89. The van der Waals surface area contributed by atoms with E-state index in [-0.39, 0.29) is 28.9 Å². The number of ether oxygens (including phenoxy) is 1. The standard InChI is InChI=1S/C17H28N2O4S/c1-6-13(2)19-24(21,22)15-9-7-14(8-10-15)23-11-16(20)18-12-17(3,4)5/h7-10,13,19H,6,11-12H2,1-5H3,(H,18,20)/t13-/m0/s1. The van der Waals surface area contributed by atoms with Crippen LogP contribution in [-0.4, -0.2) is 33.5 Å². The van der Waals surface area contributed by atoms with Crippen molar-refractivity contribution in [2.45, 2.75) is 52.0 Å². The van der Waals surface area contributed by atoms with Crippen LogP contribution in [0.15, 0.2) is 29.2 Å². The van der Waals surface area contributed by atoms with Crippen molar-refractivity contribution in [2.75, 3.05) is 13.2 Å². The van der Waals surface area contributed by atoms with Crippen molar-refractivity contribution in [2.24, 2.45) is 5.41 Å². The monoisotopic (exact) mass is 356 g/mol.